The molecule has 11 heteroatoms. The number of hydrogen-bond donors (Lipinski definition) is 2. The molecule has 1 unspecified atom stereocenters. The quantitative estimate of drug-likeness (QED) is 0.541. The third-order valence-electron chi connectivity index (χ3n) is 5.81. The average Bonchev–Trinajstić information content (AvgIpc) is 3.13. The number of esters is 1. The average molecular weight is 494 g/mol. The fourth-order valence-electron chi connectivity index (χ4n) is 4.18. The number of piperidine rings is 1. The molecule has 1 atom stereocenters. The maximum Gasteiger partial charge on any atom is 0.341 e. The summed E-state index contributed by atoms with van der Waals surface area (Å²) in [5.41, 5.74) is 1.22. The summed E-state index contributed by atoms with van der Waals surface area (Å²) in [7, 11) is -1.04. The second-order valence-corrected chi connectivity index (χ2v) is 9.93. The van der Waals surface area contributed by atoms with Crippen LogP contribution >= 0.6 is 0 Å². The SMILES string of the molecule is CCOC(=O)c1c(C)[nH]c(C)c1S(=O)(=O)N1CCCC(C(=O)Nc2cc(OC)ccc2OC)C1. The topological polar surface area (TPSA) is 127 Å². The Bertz CT molecular complexity index is 1170. The largest absolute Gasteiger partial charge is 0.497 e. The van der Waals surface area contributed by atoms with E-state index in [1.165, 1.54) is 18.5 Å². The van der Waals surface area contributed by atoms with Gasteiger partial charge in [0.15, 0.2) is 0 Å². The van der Waals surface area contributed by atoms with Crippen molar-refractivity contribution >= 4 is 27.6 Å². The van der Waals surface area contributed by atoms with Crippen molar-refractivity contribution in [3.8, 4) is 11.5 Å². The third-order valence-corrected chi connectivity index (χ3v) is 7.85. The zero-order chi connectivity index (χ0) is 25.0. The molecule has 2 N–H and O–H groups in total. The number of carbonyl (C=O) groups excluding carboxylic acids is 2. The van der Waals surface area contributed by atoms with Gasteiger partial charge in [0.05, 0.1) is 32.4 Å². The Morgan fingerprint density at radius 1 is 1.18 bits per heavy atom. The van der Waals surface area contributed by atoms with E-state index in [-0.39, 0.29) is 36.1 Å². The number of hydrogen-bond acceptors (Lipinski definition) is 7. The maximum absolute atomic E-state index is 13.6. The predicted octanol–water partition coefficient (Wildman–Crippen LogP) is 2.86. The highest BCUT2D eigenvalue weighted by Gasteiger charge is 2.38. The molecule has 1 saturated heterocycles. The summed E-state index contributed by atoms with van der Waals surface area (Å²) in [5.74, 6) is -0.579. The Balaban J connectivity index is 1.85. The van der Waals surface area contributed by atoms with Gasteiger partial charge in [0, 0.05) is 30.5 Å². The first-order valence-electron chi connectivity index (χ1n) is 11.0. The number of nitrogens with zero attached hydrogens (tertiary/aromatic N) is 1. The van der Waals surface area contributed by atoms with E-state index in [1.54, 1.807) is 39.0 Å². The van der Waals surface area contributed by atoms with Crippen LogP contribution in [0.1, 0.15) is 41.5 Å². The van der Waals surface area contributed by atoms with E-state index in [2.05, 4.69) is 10.3 Å². The molecule has 1 aliphatic rings. The number of carbonyl (C=O) groups is 2. The number of nitrogens with one attached hydrogen (secondary N) is 2. The van der Waals surface area contributed by atoms with Gasteiger partial charge in [-0.1, -0.05) is 0 Å². The standard InChI is InChI=1S/C23H31N3O7S/c1-6-33-23(28)20-14(2)24-15(3)21(20)34(29,30)26-11-7-8-16(13-26)22(27)25-18-12-17(31-4)9-10-19(18)32-5/h9-10,12,16,24H,6-8,11,13H2,1-5H3,(H,25,27). The van der Waals surface area contributed by atoms with Gasteiger partial charge in [0.2, 0.25) is 15.9 Å². The van der Waals surface area contributed by atoms with Crippen LogP contribution in [0.5, 0.6) is 11.5 Å². The van der Waals surface area contributed by atoms with Gasteiger partial charge in [0.1, 0.15) is 22.0 Å². The van der Waals surface area contributed by atoms with E-state index in [0.29, 0.717) is 41.4 Å². The van der Waals surface area contributed by atoms with Crippen LogP contribution in [0, 0.1) is 19.8 Å². The number of sulfonamides is 1. The van der Waals surface area contributed by atoms with E-state index < -0.39 is 21.9 Å². The lowest BCUT2D eigenvalue weighted by Gasteiger charge is -2.31. The zero-order valence-electron chi connectivity index (χ0n) is 20.1. The number of aromatic nitrogens is 1. The number of benzene rings is 1. The van der Waals surface area contributed by atoms with Crippen molar-refractivity contribution in [3.05, 3.63) is 35.2 Å². The highest BCUT2D eigenvalue weighted by molar-refractivity contribution is 7.89. The number of aromatic amines is 1. The summed E-state index contributed by atoms with van der Waals surface area (Å²) in [6.07, 6.45) is 1.03. The maximum atomic E-state index is 13.6. The molecule has 186 valence electrons. The van der Waals surface area contributed by atoms with Crippen molar-refractivity contribution in [2.45, 2.75) is 38.5 Å². The molecular formula is C23H31N3O7S. The van der Waals surface area contributed by atoms with Gasteiger partial charge in [-0.05, 0) is 45.7 Å². The Labute approximate surface area is 199 Å². The molecule has 2 heterocycles. The summed E-state index contributed by atoms with van der Waals surface area (Å²) in [6.45, 7) is 5.26. The molecule has 0 aliphatic carbocycles. The molecule has 0 bridgehead atoms. The van der Waals surface area contributed by atoms with Crippen LogP contribution in [0.3, 0.4) is 0 Å². The molecule has 2 aromatic rings. The number of methoxy groups -OCH3 is 2. The van der Waals surface area contributed by atoms with E-state index in [4.69, 9.17) is 14.2 Å². The van der Waals surface area contributed by atoms with E-state index >= 15 is 0 Å². The minimum Gasteiger partial charge on any atom is -0.497 e. The van der Waals surface area contributed by atoms with Crippen LogP contribution in [0.25, 0.3) is 0 Å². The Hall–Kier alpha value is -3.05. The van der Waals surface area contributed by atoms with Crippen LogP contribution < -0.4 is 14.8 Å². The molecule has 10 nitrogen and oxygen atoms in total. The molecule has 3 rings (SSSR count). The van der Waals surface area contributed by atoms with Crippen molar-refractivity contribution in [1.29, 1.82) is 0 Å². The van der Waals surface area contributed by atoms with Crippen LogP contribution in [-0.4, -0.2) is 63.5 Å². The molecule has 1 aromatic carbocycles. The zero-order valence-corrected chi connectivity index (χ0v) is 20.9. The lowest BCUT2D eigenvalue weighted by Crippen LogP contribution is -2.44. The van der Waals surface area contributed by atoms with Gasteiger partial charge in [-0.2, -0.15) is 4.31 Å². The number of anilines is 1. The number of H-pyrrole nitrogens is 1. The molecule has 0 spiro atoms. The third kappa shape index (κ3) is 5.05. The molecule has 1 aromatic heterocycles. The monoisotopic (exact) mass is 493 g/mol. The minimum atomic E-state index is -4.05. The van der Waals surface area contributed by atoms with Crippen LogP contribution in [-0.2, 0) is 19.6 Å². The minimum absolute atomic E-state index is 0.00652. The van der Waals surface area contributed by atoms with Crippen LogP contribution in [0.15, 0.2) is 23.1 Å². The molecular weight excluding hydrogens is 462 g/mol. The Morgan fingerprint density at radius 3 is 2.56 bits per heavy atom. The van der Waals surface area contributed by atoms with Gasteiger partial charge < -0.3 is 24.5 Å². The molecule has 34 heavy (non-hydrogen) atoms. The summed E-state index contributed by atoms with van der Waals surface area (Å²) in [5, 5.41) is 2.83. The van der Waals surface area contributed by atoms with Crippen LogP contribution in [0.4, 0.5) is 5.69 Å². The van der Waals surface area contributed by atoms with Crippen LogP contribution in [0.2, 0.25) is 0 Å². The van der Waals surface area contributed by atoms with Gasteiger partial charge in [0.25, 0.3) is 0 Å². The Morgan fingerprint density at radius 2 is 1.91 bits per heavy atom. The molecule has 1 amide bonds. The van der Waals surface area contributed by atoms with Crippen molar-refractivity contribution in [2.24, 2.45) is 5.92 Å². The highest BCUT2D eigenvalue weighted by Crippen LogP contribution is 2.32. The highest BCUT2D eigenvalue weighted by atomic mass is 32.2. The second kappa shape index (κ2) is 10.5. The fourth-order valence-corrected chi connectivity index (χ4v) is 6.12. The van der Waals surface area contributed by atoms with Crippen molar-refractivity contribution in [2.75, 3.05) is 39.2 Å². The second-order valence-electron chi connectivity index (χ2n) is 8.06. The number of aryl methyl sites for hydroxylation is 2. The normalized spacial score (nSPS) is 16.7. The molecule has 1 fully saturated rings. The lowest BCUT2D eigenvalue weighted by atomic mass is 9.98. The summed E-state index contributed by atoms with van der Waals surface area (Å²) in [4.78, 5) is 28.4. The van der Waals surface area contributed by atoms with Gasteiger partial charge in [-0.3, -0.25) is 4.79 Å². The number of ether oxygens (including phenoxy) is 3. The fraction of sp³-hybridized carbons (Fsp3) is 0.478. The predicted molar refractivity (Wildman–Crippen MR) is 126 cm³/mol. The van der Waals surface area contributed by atoms with Crippen molar-refractivity contribution < 1.29 is 32.2 Å². The van der Waals surface area contributed by atoms with Gasteiger partial charge >= 0.3 is 5.97 Å². The molecule has 0 radical (unpaired) electrons. The number of amides is 1. The summed E-state index contributed by atoms with van der Waals surface area (Å²) >= 11 is 0. The summed E-state index contributed by atoms with van der Waals surface area (Å²) in [6, 6.07) is 5.04. The van der Waals surface area contributed by atoms with E-state index in [0.717, 1.165) is 0 Å². The van der Waals surface area contributed by atoms with Gasteiger partial charge in [-0.15, -0.1) is 0 Å². The van der Waals surface area contributed by atoms with E-state index in [1.807, 2.05) is 0 Å². The Kier molecular flexibility index (Phi) is 7.88. The van der Waals surface area contributed by atoms with Crippen molar-refractivity contribution in [1.82, 2.24) is 9.29 Å². The summed E-state index contributed by atoms with van der Waals surface area (Å²) < 4.78 is 44.1. The molecule has 0 saturated carbocycles. The van der Waals surface area contributed by atoms with Gasteiger partial charge in [-0.25, -0.2) is 13.2 Å². The number of rotatable bonds is 8. The first kappa shape index (κ1) is 25.6. The smallest absolute Gasteiger partial charge is 0.341 e. The lowest BCUT2D eigenvalue weighted by molar-refractivity contribution is -0.120. The first-order valence-corrected chi connectivity index (χ1v) is 12.5. The van der Waals surface area contributed by atoms with Crippen molar-refractivity contribution in [3.63, 3.8) is 0 Å². The van der Waals surface area contributed by atoms with E-state index in [9.17, 15) is 18.0 Å². The first-order chi connectivity index (χ1) is 16.1. The molecule has 1 aliphatic heterocycles.